The van der Waals surface area contributed by atoms with Crippen molar-refractivity contribution in [1.29, 1.82) is 0 Å². The molecule has 0 heterocycles. The van der Waals surface area contributed by atoms with Gasteiger partial charge in [0.05, 0.1) is 0 Å². The van der Waals surface area contributed by atoms with E-state index in [4.69, 9.17) is 0 Å². The van der Waals surface area contributed by atoms with E-state index >= 15 is 0 Å². The number of rotatable bonds is 5. The first-order chi connectivity index (χ1) is 9.22. The molecule has 2 aromatic rings. The molecule has 0 bridgehead atoms. The summed E-state index contributed by atoms with van der Waals surface area (Å²) in [7, 11) is 0. The summed E-state index contributed by atoms with van der Waals surface area (Å²) in [5.41, 5.74) is 6.74. The van der Waals surface area contributed by atoms with Gasteiger partial charge in [-0.3, -0.25) is 0 Å². The Morgan fingerprint density at radius 2 is 1.74 bits per heavy atom. The van der Waals surface area contributed by atoms with Gasteiger partial charge in [0, 0.05) is 6.54 Å². The molecule has 0 unspecified atom stereocenters. The summed E-state index contributed by atoms with van der Waals surface area (Å²) in [6, 6.07) is 15.4. The fourth-order valence-electron chi connectivity index (χ4n) is 2.26. The summed E-state index contributed by atoms with van der Waals surface area (Å²) in [5, 5.41) is 3.49. The first-order valence-corrected chi connectivity index (χ1v) is 7.08. The molecular weight excluding hydrogens is 230 g/mol. The normalized spacial score (nSPS) is 10.7. The highest BCUT2D eigenvalue weighted by atomic mass is 14.8. The quantitative estimate of drug-likeness (QED) is 0.775. The molecule has 1 nitrogen and oxygen atoms in total. The van der Waals surface area contributed by atoms with E-state index in [2.05, 4.69) is 68.6 Å². The number of benzene rings is 2. The standard InChI is InChI=1S/C18H23N/c1-4-11-19-13-17-7-5-6-8-18(17)16-10-9-14(2)15(3)12-16/h5-10,12,19H,4,11,13H2,1-3H3. The van der Waals surface area contributed by atoms with E-state index in [1.54, 1.807) is 0 Å². The Bertz CT molecular complexity index is 543. The van der Waals surface area contributed by atoms with Crippen LogP contribution in [0.25, 0.3) is 11.1 Å². The van der Waals surface area contributed by atoms with Crippen LogP contribution in [0.2, 0.25) is 0 Å². The van der Waals surface area contributed by atoms with E-state index in [-0.39, 0.29) is 0 Å². The third kappa shape index (κ3) is 3.45. The number of hydrogen-bond donors (Lipinski definition) is 1. The van der Waals surface area contributed by atoms with Gasteiger partial charge in [-0.1, -0.05) is 49.4 Å². The molecule has 0 amide bonds. The lowest BCUT2D eigenvalue weighted by Gasteiger charge is -2.12. The Labute approximate surface area is 116 Å². The second-order valence-electron chi connectivity index (χ2n) is 5.13. The van der Waals surface area contributed by atoms with E-state index in [9.17, 15) is 0 Å². The minimum absolute atomic E-state index is 0.941. The fourth-order valence-corrected chi connectivity index (χ4v) is 2.26. The maximum atomic E-state index is 3.49. The summed E-state index contributed by atoms with van der Waals surface area (Å²) in [4.78, 5) is 0. The number of nitrogens with one attached hydrogen (secondary N) is 1. The topological polar surface area (TPSA) is 12.0 Å². The summed E-state index contributed by atoms with van der Waals surface area (Å²) in [5.74, 6) is 0. The minimum Gasteiger partial charge on any atom is -0.313 e. The Morgan fingerprint density at radius 3 is 2.47 bits per heavy atom. The Morgan fingerprint density at radius 1 is 0.947 bits per heavy atom. The van der Waals surface area contributed by atoms with Crippen LogP contribution in [0.1, 0.15) is 30.0 Å². The zero-order chi connectivity index (χ0) is 13.7. The molecule has 0 atom stereocenters. The Kier molecular flexibility index (Phi) is 4.75. The molecule has 0 radical (unpaired) electrons. The zero-order valence-electron chi connectivity index (χ0n) is 12.2. The van der Waals surface area contributed by atoms with Gasteiger partial charge in [0.25, 0.3) is 0 Å². The molecule has 19 heavy (non-hydrogen) atoms. The van der Waals surface area contributed by atoms with Crippen molar-refractivity contribution in [2.75, 3.05) is 6.54 Å². The minimum atomic E-state index is 0.941. The van der Waals surface area contributed by atoms with Gasteiger partial charge >= 0.3 is 0 Å². The molecule has 1 heteroatoms. The molecule has 0 aromatic heterocycles. The van der Waals surface area contributed by atoms with Crippen LogP contribution in [0.5, 0.6) is 0 Å². The van der Waals surface area contributed by atoms with Gasteiger partial charge in [-0.25, -0.2) is 0 Å². The second kappa shape index (κ2) is 6.53. The summed E-state index contributed by atoms with van der Waals surface area (Å²) in [6.45, 7) is 8.55. The highest BCUT2D eigenvalue weighted by Gasteiger charge is 2.05. The molecule has 0 saturated carbocycles. The van der Waals surface area contributed by atoms with Gasteiger partial charge in [-0.15, -0.1) is 0 Å². The highest BCUT2D eigenvalue weighted by Crippen LogP contribution is 2.25. The predicted molar refractivity (Wildman–Crippen MR) is 83.3 cm³/mol. The first kappa shape index (κ1) is 13.8. The molecule has 0 aliphatic carbocycles. The molecule has 0 aliphatic heterocycles. The van der Waals surface area contributed by atoms with Crippen molar-refractivity contribution in [1.82, 2.24) is 5.32 Å². The van der Waals surface area contributed by atoms with Crippen molar-refractivity contribution in [3.8, 4) is 11.1 Å². The first-order valence-electron chi connectivity index (χ1n) is 7.08. The summed E-state index contributed by atoms with van der Waals surface area (Å²) < 4.78 is 0. The van der Waals surface area contributed by atoms with Crippen LogP contribution in [0, 0.1) is 13.8 Å². The summed E-state index contributed by atoms with van der Waals surface area (Å²) >= 11 is 0. The molecule has 0 fully saturated rings. The summed E-state index contributed by atoms with van der Waals surface area (Å²) in [6.07, 6.45) is 1.17. The molecule has 2 rings (SSSR count). The third-order valence-electron chi connectivity index (χ3n) is 3.58. The van der Waals surface area contributed by atoms with E-state index in [0.717, 1.165) is 13.1 Å². The fraction of sp³-hybridized carbons (Fsp3) is 0.333. The third-order valence-corrected chi connectivity index (χ3v) is 3.58. The lowest BCUT2D eigenvalue weighted by Crippen LogP contribution is -2.14. The average molecular weight is 253 g/mol. The van der Waals surface area contributed by atoms with Crippen molar-refractivity contribution < 1.29 is 0 Å². The molecule has 0 saturated heterocycles. The molecule has 0 aliphatic rings. The SMILES string of the molecule is CCCNCc1ccccc1-c1ccc(C)c(C)c1. The van der Waals surface area contributed by atoms with Gasteiger partial charge in [0.2, 0.25) is 0 Å². The molecule has 100 valence electrons. The van der Waals surface area contributed by atoms with Crippen LogP contribution in [-0.2, 0) is 6.54 Å². The zero-order valence-corrected chi connectivity index (χ0v) is 12.2. The molecule has 1 N–H and O–H groups in total. The van der Waals surface area contributed by atoms with Gasteiger partial charge in [-0.05, 0) is 54.6 Å². The van der Waals surface area contributed by atoms with Crippen molar-refractivity contribution in [3.05, 3.63) is 59.2 Å². The van der Waals surface area contributed by atoms with Crippen LogP contribution in [0.3, 0.4) is 0 Å². The van der Waals surface area contributed by atoms with Gasteiger partial charge in [0.15, 0.2) is 0 Å². The Hall–Kier alpha value is -1.60. The van der Waals surface area contributed by atoms with Gasteiger partial charge in [-0.2, -0.15) is 0 Å². The molecule has 2 aromatic carbocycles. The van der Waals surface area contributed by atoms with Crippen molar-refractivity contribution in [2.45, 2.75) is 33.7 Å². The highest BCUT2D eigenvalue weighted by molar-refractivity contribution is 5.68. The van der Waals surface area contributed by atoms with E-state index in [1.165, 1.54) is 34.2 Å². The smallest absolute Gasteiger partial charge is 0.0211 e. The second-order valence-corrected chi connectivity index (χ2v) is 5.13. The maximum absolute atomic E-state index is 3.49. The van der Waals surface area contributed by atoms with E-state index in [0.29, 0.717) is 0 Å². The van der Waals surface area contributed by atoms with Gasteiger partial charge in [0.1, 0.15) is 0 Å². The largest absolute Gasteiger partial charge is 0.313 e. The van der Waals surface area contributed by atoms with Crippen molar-refractivity contribution in [3.63, 3.8) is 0 Å². The van der Waals surface area contributed by atoms with Crippen LogP contribution in [0.15, 0.2) is 42.5 Å². The van der Waals surface area contributed by atoms with Crippen LogP contribution in [-0.4, -0.2) is 6.54 Å². The van der Waals surface area contributed by atoms with E-state index in [1.807, 2.05) is 0 Å². The lowest BCUT2D eigenvalue weighted by molar-refractivity contribution is 0.676. The number of aryl methyl sites for hydroxylation is 2. The predicted octanol–water partition coefficient (Wildman–Crippen LogP) is 4.47. The maximum Gasteiger partial charge on any atom is 0.0211 e. The monoisotopic (exact) mass is 253 g/mol. The number of hydrogen-bond acceptors (Lipinski definition) is 1. The average Bonchev–Trinajstić information content (AvgIpc) is 2.43. The van der Waals surface area contributed by atoms with E-state index < -0.39 is 0 Å². The van der Waals surface area contributed by atoms with Gasteiger partial charge < -0.3 is 5.32 Å². The molecular formula is C18H23N. The Balaban J connectivity index is 2.30. The van der Waals surface area contributed by atoms with Crippen LogP contribution < -0.4 is 5.32 Å². The van der Waals surface area contributed by atoms with Crippen molar-refractivity contribution >= 4 is 0 Å². The lowest BCUT2D eigenvalue weighted by atomic mass is 9.96. The van der Waals surface area contributed by atoms with Crippen LogP contribution in [0.4, 0.5) is 0 Å². The van der Waals surface area contributed by atoms with Crippen molar-refractivity contribution in [2.24, 2.45) is 0 Å². The van der Waals surface area contributed by atoms with Crippen LogP contribution >= 0.6 is 0 Å². The molecule has 0 spiro atoms.